The van der Waals surface area contributed by atoms with Gasteiger partial charge < -0.3 is 19.9 Å². The Morgan fingerprint density at radius 2 is 1.88 bits per heavy atom. The summed E-state index contributed by atoms with van der Waals surface area (Å²) in [5, 5.41) is 12.4. The maximum absolute atomic E-state index is 13.4. The molecular formula is C33H46N2O5S. The van der Waals surface area contributed by atoms with E-state index in [2.05, 4.69) is 16.3 Å². The van der Waals surface area contributed by atoms with Crippen LogP contribution in [0.25, 0.3) is 11.1 Å². The molecule has 1 saturated heterocycles. The fourth-order valence-electron chi connectivity index (χ4n) is 6.19. The molecule has 2 aromatic carbocycles. The van der Waals surface area contributed by atoms with Crippen molar-refractivity contribution in [1.29, 1.82) is 0 Å². The van der Waals surface area contributed by atoms with Crippen molar-refractivity contribution in [2.24, 2.45) is 5.92 Å². The lowest BCUT2D eigenvalue weighted by Gasteiger charge is -2.25. The molecule has 8 heteroatoms. The van der Waals surface area contributed by atoms with Gasteiger partial charge in [-0.2, -0.15) is 11.8 Å². The van der Waals surface area contributed by atoms with Gasteiger partial charge in [-0.1, -0.05) is 49.6 Å². The summed E-state index contributed by atoms with van der Waals surface area (Å²) in [6, 6.07) is 13.3. The van der Waals surface area contributed by atoms with E-state index in [1.807, 2.05) is 49.6 Å². The number of thioether (sulfide) groups is 1. The molecule has 41 heavy (non-hydrogen) atoms. The van der Waals surface area contributed by atoms with Crippen LogP contribution in [0.1, 0.15) is 66.4 Å². The molecule has 0 radical (unpaired) electrons. The van der Waals surface area contributed by atoms with Crippen LogP contribution in [0.5, 0.6) is 0 Å². The third kappa shape index (κ3) is 8.80. The van der Waals surface area contributed by atoms with Crippen molar-refractivity contribution in [2.75, 3.05) is 38.9 Å². The van der Waals surface area contributed by atoms with E-state index >= 15 is 0 Å². The molecule has 1 amide bonds. The first-order chi connectivity index (χ1) is 19.9. The first-order valence-corrected chi connectivity index (χ1v) is 16.3. The normalized spacial score (nSPS) is 20.7. The van der Waals surface area contributed by atoms with E-state index in [4.69, 9.17) is 9.47 Å². The lowest BCUT2D eigenvalue weighted by atomic mass is 9.90. The fourth-order valence-corrected chi connectivity index (χ4v) is 6.66. The first-order valence-electron chi connectivity index (χ1n) is 15.0. The number of aliphatic carboxylic acids is 1. The van der Waals surface area contributed by atoms with E-state index in [0.717, 1.165) is 48.4 Å². The Balaban J connectivity index is 1.53. The standard InChI is InChI=1S/C33H46N2O5S/c1-23-9-7-8-12-28(23)30-17-25(13-14-29(30)32(36)34-31(33(37)38)15-16-41-3)19-35-20-27(18-26(35)22-39-2)40-21-24-10-5-4-6-11-24/h7-9,12-14,17,24,26-27,31H,4-6,10-11,15-16,18-22H2,1-3H3,(H,34,36)(H,37,38)/t26-,27-,31-/m0/s1. The third-order valence-corrected chi connectivity index (χ3v) is 9.15. The number of methoxy groups -OCH3 is 1. The van der Waals surface area contributed by atoms with E-state index in [-0.39, 0.29) is 18.1 Å². The van der Waals surface area contributed by atoms with Crippen LogP contribution in [0.4, 0.5) is 0 Å². The van der Waals surface area contributed by atoms with Gasteiger partial charge in [0.1, 0.15) is 6.04 Å². The summed E-state index contributed by atoms with van der Waals surface area (Å²) < 4.78 is 12.0. The Kier molecular flexibility index (Phi) is 12.1. The highest BCUT2D eigenvalue weighted by Gasteiger charge is 2.33. The molecular weight excluding hydrogens is 536 g/mol. The Bertz CT molecular complexity index is 1150. The van der Waals surface area contributed by atoms with Gasteiger partial charge in [0.15, 0.2) is 0 Å². The van der Waals surface area contributed by atoms with E-state index in [1.165, 1.54) is 32.1 Å². The van der Waals surface area contributed by atoms with Crippen LogP contribution in [0, 0.1) is 12.8 Å². The van der Waals surface area contributed by atoms with E-state index in [9.17, 15) is 14.7 Å². The second kappa shape index (κ2) is 15.7. The van der Waals surface area contributed by atoms with Gasteiger partial charge in [0.05, 0.1) is 12.7 Å². The average Bonchev–Trinajstić information content (AvgIpc) is 3.35. The lowest BCUT2D eigenvalue weighted by molar-refractivity contribution is -0.139. The molecule has 1 aliphatic heterocycles. The lowest BCUT2D eigenvalue weighted by Crippen LogP contribution is -2.41. The van der Waals surface area contributed by atoms with Crippen molar-refractivity contribution in [3.05, 3.63) is 59.2 Å². The zero-order valence-corrected chi connectivity index (χ0v) is 25.6. The minimum Gasteiger partial charge on any atom is -0.480 e. The molecule has 2 aliphatic rings. The number of likely N-dealkylation sites (tertiary alicyclic amines) is 1. The van der Waals surface area contributed by atoms with E-state index in [1.54, 1.807) is 18.9 Å². The molecule has 2 fully saturated rings. The Morgan fingerprint density at radius 3 is 2.59 bits per heavy atom. The summed E-state index contributed by atoms with van der Waals surface area (Å²) in [6.07, 6.45) is 10.0. The molecule has 0 bridgehead atoms. The van der Waals surface area contributed by atoms with Gasteiger partial charge in [-0.05, 0) is 84.9 Å². The number of nitrogens with one attached hydrogen (secondary N) is 1. The minimum absolute atomic E-state index is 0.201. The van der Waals surface area contributed by atoms with Crippen molar-refractivity contribution >= 4 is 23.6 Å². The molecule has 4 rings (SSSR count). The summed E-state index contributed by atoms with van der Waals surface area (Å²) in [6.45, 7) is 5.13. The molecule has 1 heterocycles. The number of hydrogen-bond acceptors (Lipinski definition) is 6. The van der Waals surface area contributed by atoms with E-state index < -0.39 is 12.0 Å². The predicted molar refractivity (Wildman–Crippen MR) is 166 cm³/mol. The van der Waals surface area contributed by atoms with Crippen molar-refractivity contribution in [1.82, 2.24) is 10.2 Å². The van der Waals surface area contributed by atoms with Gasteiger partial charge in [0.25, 0.3) is 5.91 Å². The first kappa shape index (κ1) is 31.5. The number of benzene rings is 2. The van der Waals surface area contributed by atoms with Crippen LogP contribution in [0.3, 0.4) is 0 Å². The molecule has 224 valence electrons. The van der Waals surface area contributed by atoms with Crippen molar-refractivity contribution in [3.63, 3.8) is 0 Å². The van der Waals surface area contributed by atoms with Gasteiger partial charge in [0.2, 0.25) is 0 Å². The highest BCUT2D eigenvalue weighted by Crippen LogP contribution is 2.31. The number of amides is 1. The average molecular weight is 583 g/mol. The van der Waals surface area contributed by atoms with Crippen LogP contribution >= 0.6 is 11.8 Å². The summed E-state index contributed by atoms with van der Waals surface area (Å²) in [7, 11) is 1.75. The molecule has 0 unspecified atom stereocenters. The van der Waals surface area contributed by atoms with Gasteiger partial charge in [-0.15, -0.1) is 0 Å². The predicted octanol–water partition coefficient (Wildman–Crippen LogP) is 5.78. The largest absolute Gasteiger partial charge is 0.480 e. The summed E-state index contributed by atoms with van der Waals surface area (Å²) in [5.74, 6) is -0.0293. The minimum atomic E-state index is -1.01. The number of rotatable bonds is 14. The Hall–Kier alpha value is -2.39. The van der Waals surface area contributed by atoms with Gasteiger partial charge in [0, 0.05) is 38.4 Å². The topological polar surface area (TPSA) is 88.1 Å². The van der Waals surface area contributed by atoms with Gasteiger partial charge in [-0.3, -0.25) is 9.69 Å². The Labute approximate surface area is 249 Å². The summed E-state index contributed by atoms with van der Waals surface area (Å²) in [5.41, 5.74) is 4.44. The van der Waals surface area contributed by atoms with Crippen LogP contribution < -0.4 is 5.32 Å². The van der Waals surface area contributed by atoms with Gasteiger partial charge in [-0.25, -0.2) is 4.79 Å². The molecule has 2 N–H and O–H groups in total. The maximum atomic E-state index is 13.4. The third-order valence-electron chi connectivity index (χ3n) is 8.50. The fraction of sp³-hybridized carbons (Fsp3) is 0.576. The van der Waals surface area contributed by atoms with Crippen LogP contribution in [0.15, 0.2) is 42.5 Å². The molecule has 2 aromatic rings. The second-order valence-corrected chi connectivity index (χ2v) is 12.6. The Morgan fingerprint density at radius 1 is 1.10 bits per heavy atom. The van der Waals surface area contributed by atoms with Crippen molar-refractivity contribution in [2.45, 2.75) is 76.6 Å². The number of aryl methyl sites for hydroxylation is 1. The maximum Gasteiger partial charge on any atom is 0.326 e. The van der Waals surface area contributed by atoms with Crippen molar-refractivity contribution < 1.29 is 24.2 Å². The number of carboxylic acids is 1. The van der Waals surface area contributed by atoms with Crippen molar-refractivity contribution in [3.8, 4) is 11.1 Å². The molecule has 1 aliphatic carbocycles. The highest BCUT2D eigenvalue weighted by molar-refractivity contribution is 7.98. The number of hydrogen-bond donors (Lipinski definition) is 2. The van der Waals surface area contributed by atoms with Gasteiger partial charge >= 0.3 is 5.97 Å². The van der Waals surface area contributed by atoms with E-state index in [0.29, 0.717) is 30.3 Å². The zero-order chi connectivity index (χ0) is 29.2. The number of nitrogens with zero attached hydrogens (tertiary/aromatic N) is 1. The highest BCUT2D eigenvalue weighted by atomic mass is 32.2. The molecule has 0 spiro atoms. The number of ether oxygens (including phenoxy) is 2. The summed E-state index contributed by atoms with van der Waals surface area (Å²) >= 11 is 1.57. The van der Waals surface area contributed by atoms with Crippen LogP contribution in [-0.4, -0.2) is 78.9 Å². The zero-order valence-electron chi connectivity index (χ0n) is 24.8. The number of carbonyl (C=O) groups excluding carboxylic acids is 1. The molecule has 7 nitrogen and oxygen atoms in total. The molecule has 3 atom stereocenters. The second-order valence-electron chi connectivity index (χ2n) is 11.6. The summed E-state index contributed by atoms with van der Waals surface area (Å²) in [4.78, 5) is 27.7. The molecule has 0 aromatic heterocycles. The van der Waals surface area contributed by atoms with Crippen LogP contribution in [-0.2, 0) is 20.8 Å². The number of carbonyl (C=O) groups is 2. The quantitative estimate of drug-likeness (QED) is 0.292. The monoisotopic (exact) mass is 582 g/mol. The smallest absolute Gasteiger partial charge is 0.326 e. The van der Waals surface area contributed by atoms with Crippen LogP contribution in [0.2, 0.25) is 0 Å². The SMILES string of the molecule is COC[C@@H]1C[C@H](OCC2CCCCC2)CN1Cc1ccc(C(=O)N[C@@H](CCSC)C(=O)O)c(-c2ccccc2C)c1. The molecule has 1 saturated carbocycles. The number of carboxylic acid groups (broad SMARTS) is 1.